The summed E-state index contributed by atoms with van der Waals surface area (Å²) in [6.45, 7) is 3.76. The van der Waals surface area contributed by atoms with E-state index < -0.39 is 42.3 Å². The lowest BCUT2D eigenvalue weighted by Gasteiger charge is -2.29. The van der Waals surface area contributed by atoms with Gasteiger partial charge in [0, 0.05) is 17.2 Å². The van der Waals surface area contributed by atoms with E-state index >= 15 is 0 Å². The topological polar surface area (TPSA) is 88.8 Å². The van der Waals surface area contributed by atoms with Crippen molar-refractivity contribution in [2.75, 3.05) is 6.61 Å². The number of carbonyl (C=O) groups excluding carboxylic acids is 1. The van der Waals surface area contributed by atoms with Gasteiger partial charge in [-0.3, -0.25) is 10.1 Å². The van der Waals surface area contributed by atoms with E-state index in [2.05, 4.69) is 5.32 Å². The SMILES string of the molecule is CCOC(=O)C(CC(C)(C)F)NC(c1ccc2c(c1)oc1ccc(C(=O)O)cc12)C(F)(F)F. The molecule has 1 heterocycles. The fourth-order valence-corrected chi connectivity index (χ4v) is 3.63. The molecule has 0 saturated heterocycles. The molecule has 3 aromatic rings. The van der Waals surface area contributed by atoms with Crippen LogP contribution in [0.4, 0.5) is 17.6 Å². The van der Waals surface area contributed by atoms with Crippen LogP contribution in [0.2, 0.25) is 0 Å². The second kappa shape index (κ2) is 9.01. The van der Waals surface area contributed by atoms with Gasteiger partial charge in [0.1, 0.15) is 28.9 Å². The predicted molar refractivity (Wildman–Crippen MR) is 113 cm³/mol. The van der Waals surface area contributed by atoms with Crippen molar-refractivity contribution >= 4 is 33.9 Å². The van der Waals surface area contributed by atoms with Gasteiger partial charge < -0.3 is 14.3 Å². The Morgan fingerprint density at radius 3 is 2.33 bits per heavy atom. The van der Waals surface area contributed by atoms with Crippen LogP contribution >= 0.6 is 0 Å². The molecular formula is C23H23F4NO5. The summed E-state index contributed by atoms with van der Waals surface area (Å²) in [6, 6.07) is 4.06. The van der Waals surface area contributed by atoms with Gasteiger partial charge in [-0.05, 0) is 50.6 Å². The summed E-state index contributed by atoms with van der Waals surface area (Å²) in [5.74, 6) is -2.13. The van der Waals surface area contributed by atoms with Crippen LogP contribution in [0.15, 0.2) is 40.8 Å². The molecule has 2 N–H and O–H groups in total. The van der Waals surface area contributed by atoms with E-state index in [1.54, 1.807) is 0 Å². The number of esters is 1. The van der Waals surface area contributed by atoms with Crippen LogP contribution < -0.4 is 5.32 Å². The van der Waals surface area contributed by atoms with Gasteiger partial charge in [0.2, 0.25) is 0 Å². The summed E-state index contributed by atoms with van der Waals surface area (Å²) in [5, 5.41) is 12.3. The number of carboxylic acids is 1. The van der Waals surface area contributed by atoms with Crippen LogP contribution in [0.1, 0.15) is 49.2 Å². The van der Waals surface area contributed by atoms with Crippen LogP contribution in [-0.2, 0) is 9.53 Å². The van der Waals surface area contributed by atoms with E-state index in [4.69, 9.17) is 9.15 Å². The highest BCUT2D eigenvalue weighted by atomic mass is 19.4. The quantitative estimate of drug-likeness (QED) is 0.332. The number of carbonyl (C=O) groups is 2. The minimum Gasteiger partial charge on any atom is -0.478 e. The van der Waals surface area contributed by atoms with Crippen molar-refractivity contribution in [2.45, 2.75) is 51.1 Å². The Labute approximate surface area is 186 Å². The molecular weight excluding hydrogens is 446 g/mol. The Hall–Kier alpha value is -3.14. The fourth-order valence-electron chi connectivity index (χ4n) is 3.63. The van der Waals surface area contributed by atoms with Crippen LogP contribution in [0.5, 0.6) is 0 Å². The Balaban J connectivity index is 2.04. The van der Waals surface area contributed by atoms with Crippen LogP contribution in [0, 0.1) is 0 Å². The summed E-state index contributed by atoms with van der Waals surface area (Å²) in [7, 11) is 0. The molecule has 0 aliphatic heterocycles. The van der Waals surface area contributed by atoms with Gasteiger partial charge in [-0.15, -0.1) is 0 Å². The molecule has 0 aliphatic carbocycles. The zero-order valence-corrected chi connectivity index (χ0v) is 18.1. The van der Waals surface area contributed by atoms with E-state index in [9.17, 15) is 32.3 Å². The van der Waals surface area contributed by atoms with Gasteiger partial charge in [0.05, 0.1) is 12.2 Å². The molecule has 0 fully saturated rings. The third-order valence-corrected chi connectivity index (χ3v) is 5.03. The van der Waals surface area contributed by atoms with Crippen LogP contribution in [0.25, 0.3) is 21.9 Å². The molecule has 2 atom stereocenters. The number of carboxylic acid groups (broad SMARTS) is 1. The van der Waals surface area contributed by atoms with E-state index in [1.807, 2.05) is 0 Å². The van der Waals surface area contributed by atoms with Gasteiger partial charge in [-0.1, -0.05) is 12.1 Å². The molecule has 2 aromatic carbocycles. The standard InChI is InChI=1S/C23H23F4NO5/c1-4-32-21(31)16(11-22(2,3)24)28-19(23(25,26)27)12-5-7-14-15-9-13(20(29)30)6-8-17(15)33-18(14)10-12/h5-10,16,19,28H,4,11H2,1-3H3,(H,29,30). The highest BCUT2D eigenvalue weighted by Gasteiger charge is 2.44. The van der Waals surface area contributed by atoms with Crippen molar-refractivity contribution in [3.05, 3.63) is 47.5 Å². The second-order valence-corrected chi connectivity index (χ2v) is 8.24. The number of ether oxygens (including phenoxy) is 1. The number of benzene rings is 2. The van der Waals surface area contributed by atoms with Gasteiger partial charge in [-0.25, -0.2) is 9.18 Å². The molecule has 0 spiro atoms. The Morgan fingerprint density at radius 2 is 1.76 bits per heavy atom. The number of alkyl halides is 4. The molecule has 10 heteroatoms. The number of fused-ring (bicyclic) bond motifs is 3. The van der Waals surface area contributed by atoms with Crippen molar-refractivity contribution in [3.63, 3.8) is 0 Å². The van der Waals surface area contributed by atoms with Crippen LogP contribution in [0.3, 0.4) is 0 Å². The van der Waals surface area contributed by atoms with E-state index in [0.29, 0.717) is 16.4 Å². The monoisotopic (exact) mass is 469 g/mol. The molecule has 0 saturated carbocycles. The summed E-state index contributed by atoms with van der Waals surface area (Å²) in [5.41, 5.74) is -1.74. The Kier molecular flexibility index (Phi) is 6.69. The summed E-state index contributed by atoms with van der Waals surface area (Å²) in [6.07, 6.45) is -5.34. The number of hydrogen-bond acceptors (Lipinski definition) is 5. The van der Waals surface area contributed by atoms with E-state index in [-0.39, 0.29) is 23.3 Å². The number of rotatable bonds is 8. The summed E-state index contributed by atoms with van der Waals surface area (Å²) in [4.78, 5) is 23.5. The minimum atomic E-state index is -4.82. The fraction of sp³-hybridized carbons (Fsp3) is 0.391. The number of furan rings is 1. The minimum absolute atomic E-state index is 0.00947. The summed E-state index contributed by atoms with van der Waals surface area (Å²) < 4.78 is 66.7. The average Bonchev–Trinajstić information content (AvgIpc) is 3.06. The Bertz CT molecular complexity index is 1180. The maximum Gasteiger partial charge on any atom is 0.407 e. The largest absolute Gasteiger partial charge is 0.478 e. The maximum atomic E-state index is 14.2. The number of hydrogen-bond donors (Lipinski definition) is 2. The lowest BCUT2D eigenvalue weighted by molar-refractivity contribution is -0.165. The molecule has 0 bridgehead atoms. The van der Waals surface area contributed by atoms with Gasteiger partial charge in [0.15, 0.2) is 0 Å². The first-order valence-electron chi connectivity index (χ1n) is 10.2. The normalized spacial score (nSPS) is 14.4. The lowest BCUT2D eigenvalue weighted by atomic mass is 9.97. The third-order valence-electron chi connectivity index (χ3n) is 5.03. The molecule has 1 aromatic heterocycles. The average molecular weight is 469 g/mol. The second-order valence-electron chi connectivity index (χ2n) is 8.24. The first-order chi connectivity index (χ1) is 15.3. The van der Waals surface area contributed by atoms with Crippen molar-refractivity contribution in [3.8, 4) is 0 Å². The first kappa shape index (κ1) is 24.5. The molecule has 33 heavy (non-hydrogen) atoms. The molecule has 0 aliphatic rings. The first-order valence-corrected chi connectivity index (χ1v) is 10.2. The predicted octanol–water partition coefficient (Wildman–Crippen LogP) is 5.55. The third kappa shape index (κ3) is 5.62. The number of aromatic carboxylic acids is 1. The highest BCUT2D eigenvalue weighted by Crippen LogP contribution is 2.37. The molecule has 3 rings (SSSR count). The highest BCUT2D eigenvalue weighted by molar-refractivity contribution is 6.07. The summed E-state index contributed by atoms with van der Waals surface area (Å²) >= 11 is 0. The molecule has 2 unspecified atom stereocenters. The number of halogens is 4. The van der Waals surface area contributed by atoms with E-state index in [1.165, 1.54) is 43.3 Å². The van der Waals surface area contributed by atoms with Crippen LogP contribution in [-0.4, -0.2) is 41.5 Å². The maximum absolute atomic E-state index is 14.2. The van der Waals surface area contributed by atoms with Gasteiger partial charge in [-0.2, -0.15) is 13.2 Å². The van der Waals surface area contributed by atoms with Crippen molar-refractivity contribution in [1.29, 1.82) is 0 Å². The number of nitrogens with one attached hydrogen (secondary N) is 1. The van der Waals surface area contributed by atoms with Gasteiger partial charge in [0.25, 0.3) is 0 Å². The zero-order valence-electron chi connectivity index (χ0n) is 18.1. The molecule has 6 nitrogen and oxygen atoms in total. The van der Waals surface area contributed by atoms with Crippen molar-refractivity contribution in [2.24, 2.45) is 0 Å². The molecule has 0 amide bonds. The lowest BCUT2D eigenvalue weighted by Crippen LogP contribution is -2.47. The van der Waals surface area contributed by atoms with E-state index in [0.717, 1.165) is 13.8 Å². The van der Waals surface area contributed by atoms with Crippen molar-refractivity contribution in [1.82, 2.24) is 5.32 Å². The Morgan fingerprint density at radius 1 is 1.06 bits per heavy atom. The molecule has 178 valence electrons. The smallest absolute Gasteiger partial charge is 0.407 e. The molecule has 0 radical (unpaired) electrons. The van der Waals surface area contributed by atoms with Crippen molar-refractivity contribution < 1.29 is 41.4 Å². The van der Waals surface area contributed by atoms with Gasteiger partial charge >= 0.3 is 18.1 Å². The zero-order chi connectivity index (χ0) is 24.6.